The molecule has 0 radical (unpaired) electrons. The topological polar surface area (TPSA) is 70.7 Å². The van der Waals surface area contributed by atoms with E-state index in [0.717, 1.165) is 26.6 Å². The lowest BCUT2D eigenvalue weighted by Crippen LogP contribution is -2.14. The van der Waals surface area contributed by atoms with Crippen molar-refractivity contribution in [2.75, 3.05) is 5.32 Å². The van der Waals surface area contributed by atoms with Gasteiger partial charge in [0.05, 0.1) is 26.8 Å². The van der Waals surface area contributed by atoms with E-state index >= 15 is 0 Å². The van der Waals surface area contributed by atoms with Gasteiger partial charge in [0.2, 0.25) is 0 Å². The van der Waals surface area contributed by atoms with Crippen LogP contribution < -0.4 is 5.32 Å². The van der Waals surface area contributed by atoms with Gasteiger partial charge in [-0.1, -0.05) is 47.1 Å². The third kappa shape index (κ3) is 3.83. The summed E-state index contributed by atoms with van der Waals surface area (Å²) in [6, 6.07) is 8.76. The van der Waals surface area contributed by atoms with E-state index in [1.807, 2.05) is 26.0 Å². The number of benzene rings is 2. The number of nitrogens with one attached hydrogen (secondary N) is 2. The molecule has 4 rings (SSSR count). The Labute approximate surface area is 181 Å². The van der Waals surface area contributed by atoms with Crippen LogP contribution in [0.25, 0.3) is 10.9 Å². The zero-order valence-electron chi connectivity index (χ0n) is 15.6. The molecule has 29 heavy (non-hydrogen) atoms. The van der Waals surface area contributed by atoms with Gasteiger partial charge in [-0.25, -0.2) is 4.98 Å². The summed E-state index contributed by atoms with van der Waals surface area (Å²) in [4.78, 5) is 25.9. The predicted molar refractivity (Wildman–Crippen MR) is 118 cm³/mol. The molecule has 0 fully saturated rings. The Morgan fingerprint density at radius 3 is 2.52 bits per heavy atom. The summed E-state index contributed by atoms with van der Waals surface area (Å²) in [5.74, 6) is -0.381. The maximum Gasteiger partial charge on any atom is 0.258 e. The Bertz CT molecular complexity index is 1210. The lowest BCUT2D eigenvalue weighted by Gasteiger charge is -2.15. The molecule has 4 aromatic rings. The van der Waals surface area contributed by atoms with Crippen LogP contribution in [0.15, 0.2) is 59.0 Å². The Kier molecular flexibility index (Phi) is 5.50. The first-order chi connectivity index (χ1) is 14.0. The molecule has 0 aliphatic rings. The Morgan fingerprint density at radius 2 is 1.83 bits per heavy atom. The number of nitrogens with zero attached hydrogens (tertiary/aromatic N) is 2. The molecule has 8 heteroatoms. The number of amides is 1. The highest BCUT2D eigenvalue weighted by Crippen LogP contribution is 2.38. The molecule has 2 aromatic carbocycles. The van der Waals surface area contributed by atoms with Crippen molar-refractivity contribution in [1.29, 1.82) is 0 Å². The quantitative estimate of drug-likeness (QED) is 0.389. The maximum atomic E-state index is 12.9. The van der Waals surface area contributed by atoms with Gasteiger partial charge >= 0.3 is 0 Å². The largest absolute Gasteiger partial charge is 0.339 e. The number of aromatic nitrogens is 3. The summed E-state index contributed by atoms with van der Waals surface area (Å²) in [5, 5.41) is 5.26. The Balaban J connectivity index is 1.80. The Hall–Kier alpha value is -2.54. The number of pyridine rings is 1. The second kappa shape index (κ2) is 8.06. The number of halogens is 2. The number of rotatable bonds is 4. The number of aromatic amines is 1. The second-order valence-electron chi connectivity index (χ2n) is 6.47. The number of carbonyl (C=O) groups is 1. The fourth-order valence-corrected chi connectivity index (χ4v) is 4.64. The lowest BCUT2D eigenvalue weighted by atomic mass is 10.1. The molecule has 0 saturated heterocycles. The number of aryl methyl sites for hydroxylation is 2. The van der Waals surface area contributed by atoms with Crippen LogP contribution >= 0.6 is 35.0 Å². The normalized spacial score (nSPS) is 11.0. The van der Waals surface area contributed by atoms with E-state index in [-0.39, 0.29) is 11.5 Å². The average Bonchev–Trinajstić information content (AvgIpc) is 3.19. The highest BCUT2D eigenvalue weighted by Gasteiger charge is 2.18. The number of H-pyrrole nitrogens is 1. The van der Waals surface area contributed by atoms with E-state index in [1.165, 1.54) is 11.8 Å². The van der Waals surface area contributed by atoms with Gasteiger partial charge in [0.1, 0.15) is 0 Å². The van der Waals surface area contributed by atoms with Gasteiger partial charge in [-0.3, -0.25) is 9.78 Å². The maximum absolute atomic E-state index is 12.9. The van der Waals surface area contributed by atoms with Crippen molar-refractivity contribution < 1.29 is 4.79 Å². The predicted octanol–water partition coefficient (Wildman–Crippen LogP) is 6.29. The zero-order chi connectivity index (χ0) is 20.5. The molecular formula is C21H16Cl2N4OS. The molecular weight excluding hydrogens is 427 g/mol. The molecule has 2 N–H and O–H groups in total. The molecule has 2 heterocycles. The smallest absolute Gasteiger partial charge is 0.258 e. The molecule has 146 valence electrons. The van der Waals surface area contributed by atoms with Crippen molar-refractivity contribution in [3.05, 3.63) is 75.7 Å². The molecule has 0 spiro atoms. The van der Waals surface area contributed by atoms with Crippen molar-refractivity contribution in [1.82, 2.24) is 15.0 Å². The minimum absolute atomic E-state index is 0.238. The monoisotopic (exact) mass is 442 g/mol. The summed E-state index contributed by atoms with van der Waals surface area (Å²) in [7, 11) is 0. The van der Waals surface area contributed by atoms with Crippen LogP contribution in [0.3, 0.4) is 0 Å². The molecule has 0 saturated carbocycles. The number of anilines is 1. The molecule has 0 bridgehead atoms. The highest BCUT2D eigenvalue weighted by molar-refractivity contribution is 7.99. The summed E-state index contributed by atoms with van der Waals surface area (Å²) in [6.07, 6.45) is 5.30. The zero-order valence-corrected chi connectivity index (χ0v) is 17.9. The van der Waals surface area contributed by atoms with Gasteiger partial charge in [-0.2, -0.15) is 0 Å². The number of imidazole rings is 1. The van der Waals surface area contributed by atoms with Gasteiger partial charge in [-0.05, 0) is 43.2 Å². The molecule has 0 atom stereocenters. The molecule has 5 nitrogen and oxygen atoms in total. The van der Waals surface area contributed by atoms with Crippen LogP contribution in [0, 0.1) is 13.8 Å². The number of hydrogen-bond donors (Lipinski definition) is 2. The summed E-state index contributed by atoms with van der Waals surface area (Å²) < 4.78 is 0. The fraction of sp³-hybridized carbons (Fsp3) is 0.0952. The van der Waals surface area contributed by atoms with E-state index in [9.17, 15) is 4.79 Å². The Morgan fingerprint density at radius 1 is 1.07 bits per heavy atom. The van der Waals surface area contributed by atoms with Crippen LogP contribution in [0.2, 0.25) is 10.0 Å². The van der Waals surface area contributed by atoms with Crippen molar-refractivity contribution in [3.63, 3.8) is 0 Å². The van der Waals surface area contributed by atoms with E-state index < -0.39 is 0 Å². The third-order valence-electron chi connectivity index (χ3n) is 4.47. The van der Waals surface area contributed by atoms with E-state index in [2.05, 4.69) is 20.3 Å². The third-order valence-corrected chi connectivity index (χ3v) is 6.25. The molecule has 1 amide bonds. The fourth-order valence-electron chi connectivity index (χ4n) is 3.07. The van der Waals surface area contributed by atoms with Crippen molar-refractivity contribution in [2.45, 2.75) is 23.9 Å². The summed E-state index contributed by atoms with van der Waals surface area (Å²) in [5.41, 5.74) is 3.61. The average molecular weight is 443 g/mol. The van der Waals surface area contributed by atoms with E-state index in [0.29, 0.717) is 21.2 Å². The van der Waals surface area contributed by atoms with Crippen LogP contribution in [0.4, 0.5) is 5.69 Å². The SMILES string of the molecule is Cc1cnc2c(NC(=O)c3c(Cl)cccc3Cl)ccc(C)c2c1Sc1ncc[nH]1. The highest BCUT2D eigenvalue weighted by atomic mass is 35.5. The number of carbonyl (C=O) groups excluding carboxylic acids is 1. The van der Waals surface area contributed by atoms with Crippen LogP contribution in [-0.2, 0) is 0 Å². The summed E-state index contributed by atoms with van der Waals surface area (Å²) >= 11 is 13.9. The van der Waals surface area contributed by atoms with Crippen LogP contribution in [-0.4, -0.2) is 20.9 Å². The first-order valence-corrected chi connectivity index (χ1v) is 10.3. The van der Waals surface area contributed by atoms with Crippen molar-refractivity contribution in [2.24, 2.45) is 0 Å². The first-order valence-electron chi connectivity index (χ1n) is 8.77. The standard InChI is InChI=1S/C21H16Cl2N4OS/c1-11-6-7-15(27-20(28)17-13(22)4-3-5-14(17)23)18-16(11)19(12(2)10-26-18)29-21-24-8-9-25-21/h3-10H,1-2H3,(H,24,25)(H,27,28). The first kappa shape index (κ1) is 19.8. The van der Waals surface area contributed by atoms with Crippen molar-refractivity contribution >= 4 is 57.5 Å². The van der Waals surface area contributed by atoms with Gasteiger partial charge in [0.15, 0.2) is 5.16 Å². The van der Waals surface area contributed by atoms with Crippen molar-refractivity contribution in [3.8, 4) is 0 Å². The van der Waals surface area contributed by atoms with Gasteiger partial charge < -0.3 is 10.3 Å². The van der Waals surface area contributed by atoms with Gasteiger partial charge in [0.25, 0.3) is 5.91 Å². The lowest BCUT2D eigenvalue weighted by molar-refractivity contribution is 0.102. The molecule has 2 aromatic heterocycles. The minimum atomic E-state index is -0.381. The number of fused-ring (bicyclic) bond motifs is 1. The number of hydrogen-bond acceptors (Lipinski definition) is 4. The molecule has 0 aliphatic heterocycles. The van der Waals surface area contributed by atoms with Gasteiger partial charge in [0, 0.05) is 28.9 Å². The summed E-state index contributed by atoms with van der Waals surface area (Å²) in [6.45, 7) is 4.03. The molecule has 0 unspecified atom stereocenters. The molecule has 0 aliphatic carbocycles. The van der Waals surface area contributed by atoms with E-state index in [4.69, 9.17) is 23.2 Å². The van der Waals surface area contributed by atoms with E-state index in [1.54, 1.807) is 36.8 Å². The second-order valence-corrected chi connectivity index (χ2v) is 8.28. The van der Waals surface area contributed by atoms with Gasteiger partial charge in [-0.15, -0.1) is 0 Å². The van der Waals surface area contributed by atoms with Crippen LogP contribution in [0.1, 0.15) is 21.5 Å². The minimum Gasteiger partial charge on any atom is -0.339 e. The van der Waals surface area contributed by atoms with Crippen LogP contribution in [0.5, 0.6) is 0 Å².